The third-order valence-electron chi connectivity index (χ3n) is 8.71. The molecule has 0 aromatic carbocycles. The van der Waals surface area contributed by atoms with E-state index >= 15 is 0 Å². The Bertz CT molecular complexity index is 455. The number of hydrogen-bond donors (Lipinski definition) is 0. The third kappa shape index (κ3) is 4.86. The zero-order valence-corrected chi connectivity index (χ0v) is 20.8. The number of Topliss-reactive ketones (excluding diaryl/α,β-unsaturated/α-hetero) is 1. The molecule has 0 amide bonds. The molecule has 4 aliphatic rings. The molecule has 0 bridgehead atoms. The molecule has 0 aliphatic heterocycles. The van der Waals surface area contributed by atoms with Gasteiger partial charge in [0, 0.05) is 5.92 Å². The van der Waals surface area contributed by atoms with Crippen LogP contribution in [-0.4, -0.2) is 5.78 Å². The van der Waals surface area contributed by atoms with Gasteiger partial charge in [0.25, 0.3) is 0 Å². The standard InChI is InChI=1S/C21H34O.3C2H6/c1-13-4-6-16-15(12-13)5-7-18-17(16)10-11-21(3)19(14(2)22)8-9-20(18)21;3*1-2/h13,15-20H,4-12H2,1-3H3;3*1-2H3. The van der Waals surface area contributed by atoms with Crippen molar-refractivity contribution >= 4 is 5.78 Å². The normalized spacial score (nSPS) is 43.2. The Morgan fingerprint density at radius 2 is 1.36 bits per heavy atom. The molecule has 4 saturated carbocycles. The highest BCUT2D eigenvalue weighted by atomic mass is 16.1. The zero-order chi connectivity index (χ0) is 21.5. The molecule has 0 aromatic rings. The highest BCUT2D eigenvalue weighted by molar-refractivity contribution is 5.79. The molecular formula is C27H52O. The van der Waals surface area contributed by atoms with Gasteiger partial charge in [0.1, 0.15) is 5.78 Å². The van der Waals surface area contributed by atoms with Gasteiger partial charge in [0.2, 0.25) is 0 Å². The van der Waals surface area contributed by atoms with Gasteiger partial charge in [0.05, 0.1) is 0 Å². The average Bonchev–Trinajstić information content (AvgIpc) is 3.09. The molecule has 0 heterocycles. The molecular weight excluding hydrogens is 340 g/mol. The first-order valence-corrected chi connectivity index (χ1v) is 13.0. The van der Waals surface area contributed by atoms with Crippen LogP contribution < -0.4 is 0 Å². The van der Waals surface area contributed by atoms with Crippen LogP contribution >= 0.6 is 0 Å². The topological polar surface area (TPSA) is 17.1 Å². The van der Waals surface area contributed by atoms with Crippen LogP contribution in [-0.2, 0) is 4.79 Å². The van der Waals surface area contributed by atoms with Crippen LogP contribution in [0.2, 0.25) is 0 Å². The molecule has 4 aliphatic carbocycles. The van der Waals surface area contributed by atoms with Gasteiger partial charge in [-0.25, -0.2) is 0 Å². The summed E-state index contributed by atoms with van der Waals surface area (Å²) in [4.78, 5) is 12.1. The highest BCUT2D eigenvalue weighted by Gasteiger charge is 2.57. The Labute approximate surface area is 177 Å². The summed E-state index contributed by atoms with van der Waals surface area (Å²) in [5, 5.41) is 0. The van der Waals surface area contributed by atoms with E-state index in [-0.39, 0.29) is 0 Å². The monoisotopic (exact) mass is 392 g/mol. The molecule has 4 rings (SSSR count). The van der Waals surface area contributed by atoms with Gasteiger partial charge in [-0.15, -0.1) is 0 Å². The van der Waals surface area contributed by atoms with Crippen LogP contribution in [0, 0.1) is 46.8 Å². The molecule has 0 aromatic heterocycles. The second kappa shape index (κ2) is 11.8. The molecule has 28 heavy (non-hydrogen) atoms. The first kappa shape index (κ1) is 25.7. The summed E-state index contributed by atoms with van der Waals surface area (Å²) in [6.45, 7) is 18.8. The quantitative estimate of drug-likeness (QED) is 0.436. The van der Waals surface area contributed by atoms with Crippen molar-refractivity contribution < 1.29 is 4.79 Å². The van der Waals surface area contributed by atoms with Crippen molar-refractivity contribution in [2.75, 3.05) is 0 Å². The largest absolute Gasteiger partial charge is 0.300 e. The maximum atomic E-state index is 12.1. The highest BCUT2D eigenvalue weighted by Crippen LogP contribution is 2.64. The number of rotatable bonds is 1. The SMILES string of the molecule is CC.CC.CC.CC(=O)C1CCC2C3CCC4CC(C)CCC4C3CCC12C. The van der Waals surface area contributed by atoms with Gasteiger partial charge < -0.3 is 0 Å². The maximum Gasteiger partial charge on any atom is 0.133 e. The second-order valence-corrected chi connectivity index (χ2v) is 9.64. The Morgan fingerprint density at radius 3 is 1.96 bits per heavy atom. The van der Waals surface area contributed by atoms with Gasteiger partial charge >= 0.3 is 0 Å². The van der Waals surface area contributed by atoms with Gasteiger partial charge in [-0.1, -0.05) is 61.8 Å². The summed E-state index contributed by atoms with van der Waals surface area (Å²) in [6.07, 6.45) is 12.7. The van der Waals surface area contributed by atoms with Crippen molar-refractivity contribution in [1.29, 1.82) is 0 Å². The van der Waals surface area contributed by atoms with E-state index in [9.17, 15) is 4.79 Å². The Balaban J connectivity index is 0.000000599. The van der Waals surface area contributed by atoms with E-state index in [1.165, 1.54) is 57.8 Å². The molecule has 1 nitrogen and oxygen atoms in total. The number of ketones is 1. The summed E-state index contributed by atoms with van der Waals surface area (Å²) in [5.41, 5.74) is 0.349. The lowest BCUT2D eigenvalue weighted by Crippen LogP contribution is -2.49. The fourth-order valence-corrected chi connectivity index (χ4v) is 7.76. The smallest absolute Gasteiger partial charge is 0.133 e. The predicted molar refractivity (Wildman–Crippen MR) is 124 cm³/mol. The molecule has 8 unspecified atom stereocenters. The molecule has 0 saturated heterocycles. The molecule has 0 N–H and O–H groups in total. The van der Waals surface area contributed by atoms with Crippen LogP contribution in [0.4, 0.5) is 0 Å². The number of fused-ring (bicyclic) bond motifs is 5. The minimum atomic E-state index is 0.349. The zero-order valence-electron chi connectivity index (χ0n) is 20.8. The summed E-state index contributed by atoms with van der Waals surface area (Å²) >= 11 is 0. The average molecular weight is 393 g/mol. The molecule has 0 radical (unpaired) electrons. The maximum absolute atomic E-state index is 12.1. The Kier molecular flexibility index (Phi) is 10.8. The summed E-state index contributed by atoms with van der Waals surface area (Å²) < 4.78 is 0. The number of hydrogen-bond acceptors (Lipinski definition) is 1. The summed E-state index contributed by atoms with van der Waals surface area (Å²) in [5.74, 6) is 6.73. The van der Waals surface area contributed by atoms with Crippen molar-refractivity contribution in [2.45, 2.75) is 120 Å². The molecule has 8 atom stereocenters. The molecule has 166 valence electrons. The minimum absolute atomic E-state index is 0.349. The van der Waals surface area contributed by atoms with Crippen LogP contribution in [0.25, 0.3) is 0 Å². The third-order valence-corrected chi connectivity index (χ3v) is 8.71. The van der Waals surface area contributed by atoms with Crippen molar-refractivity contribution in [2.24, 2.45) is 46.8 Å². The van der Waals surface area contributed by atoms with E-state index in [0.717, 1.165) is 35.5 Å². The van der Waals surface area contributed by atoms with Gasteiger partial charge in [-0.05, 0) is 99.2 Å². The van der Waals surface area contributed by atoms with E-state index in [2.05, 4.69) is 13.8 Å². The molecule has 0 spiro atoms. The number of carbonyl (C=O) groups excluding carboxylic acids is 1. The fourth-order valence-electron chi connectivity index (χ4n) is 7.76. The van der Waals surface area contributed by atoms with Crippen LogP contribution in [0.3, 0.4) is 0 Å². The lowest BCUT2D eigenvalue weighted by Gasteiger charge is -2.56. The summed E-state index contributed by atoms with van der Waals surface area (Å²) in [6, 6.07) is 0. The van der Waals surface area contributed by atoms with Crippen LogP contribution in [0.15, 0.2) is 0 Å². The van der Waals surface area contributed by atoms with E-state index in [4.69, 9.17) is 0 Å². The minimum Gasteiger partial charge on any atom is -0.300 e. The van der Waals surface area contributed by atoms with Gasteiger partial charge in [-0.3, -0.25) is 4.79 Å². The van der Waals surface area contributed by atoms with E-state index < -0.39 is 0 Å². The predicted octanol–water partition coefficient (Wildman–Crippen LogP) is 8.56. The molecule has 4 fully saturated rings. The lowest BCUT2D eigenvalue weighted by atomic mass is 9.49. The lowest BCUT2D eigenvalue weighted by molar-refractivity contribution is -0.128. The van der Waals surface area contributed by atoms with E-state index in [1.54, 1.807) is 0 Å². The Morgan fingerprint density at radius 1 is 0.750 bits per heavy atom. The van der Waals surface area contributed by atoms with Crippen LogP contribution in [0.1, 0.15) is 120 Å². The second-order valence-electron chi connectivity index (χ2n) is 9.64. The van der Waals surface area contributed by atoms with Crippen molar-refractivity contribution in [3.63, 3.8) is 0 Å². The Hall–Kier alpha value is -0.330. The number of carbonyl (C=O) groups is 1. The first-order valence-electron chi connectivity index (χ1n) is 13.0. The van der Waals surface area contributed by atoms with Crippen LogP contribution in [0.5, 0.6) is 0 Å². The summed E-state index contributed by atoms with van der Waals surface area (Å²) in [7, 11) is 0. The van der Waals surface area contributed by atoms with Crippen molar-refractivity contribution in [3.8, 4) is 0 Å². The fraction of sp³-hybridized carbons (Fsp3) is 0.963. The van der Waals surface area contributed by atoms with Gasteiger partial charge in [0.15, 0.2) is 0 Å². The van der Waals surface area contributed by atoms with E-state index in [1.807, 2.05) is 48.5 Å². The van der Waals surface area contributed by atoms with E-state index in [0.29, 0.717) is 17.1 Å². The molecule has 1 heteroatoms. The van der Waals surface area contributed by atoms with Crippen molar-refractivity contribution in [3.05, 3.63) is 0 Å². The van der Waals surface area contributed by atoms with Crippen molar-refractivity contribution in [1.82, 2.24) is 0 Å². The van der Waals surface area contributed by atoms with Gasteiger partial charge in [-0.2, -0.15) is 0 Å². The first-order chi connectivity index (χ1) is 13.5.